The number of quaternary nitrogens is 1. The fourth-order valence-corrected chi connectivity index (χ4v) is 5.46. The third-order valence-corrected chi connectivity index (χ3v) is 7.10. The van der Waals surface area contributed by atoms with Gasteiger partial charge in [0.25, 0.3) is 5.91 Å². The van der Waals surface area contributed by atoms with Crippen LogP contribution in [-0.4, -0.2) is 68.4 Å². The first-order valence-electron chi connectivity index (χ1n) is 12.1. The molecule has 1 saturated heterocycles. The predicted octanol–water partition coefficient (Wildman–Crippen LogP) is -0.205. The molecule has 5 rings (SSSR count). The summed E-state index contributed by atoms with van der Waals surface area (Å²) >= 11 is 0. The van der Waals surface area contributed by atoms with Crippen LogP contribution in [0.2, 0.25) is 0 Å². The van der Waals surface area contributed by atoms with Crippen molar-refractivity contribution < 1.29 is 33.5 Å². The lowest BCUT2D eigenvalue weighted by Crippen LogP contribution is -3.14. The monoisotopic (exact) mass is 479 g/mol. The van der Waals surface area contributed by atoms with Crippen LogP contribution in [0.15, 0.2) is 52.1 Å². The Hall–Kier alpha value is -3.43. The van der Waals surface area contributed by atoms with Crippen molar-refractivity contribution in [2.45, 2.75) is 25.8 Å². The first kappa shape index (κ1) is 23.3. The van der Waals surface area contributed by atoms with E-state index in [1.165, 1.54) is 15.9 Å². The molecular weight excluding hydrogens is 450 g/mol. The molecule has 184 valence electrons. The van der Waals surface area contributed by atoms with Crippen molar-refractivity contribution in [3.63, 3.8) is 0 Å². The molecule has 9 heteroatoms. The topological polar surface area (TPSA) is 108 Å². The summed E-state index contributed by atoms with van der Waals surface area (Å²) in [5.41, 5.74) is -1.04. The maximum atomic E-state index is 14.2. The van der Waals surface area contributed by atoms with Crippen LogP contribution in [0.3, 0.4) is 0 Å². The van der Waals surface area contributed by atoms with Gasteiger partial charge in [-0.2, -0.15) is 0 Å². The lowest BCUT2D eigenvalue weighted by Gasteiger charge is -2.37. The summed E-state index contributed by atoms with van der Waals surface area (Å²) in [6.45, 7) is 7.53. The Morgan fingerprint density at radius 2 is 1.86 bits per heavy atom. The average Bonchev–Trinajstić information content (AvgIpc) is 3.48. The van der Waals surface area contributed by atoms with E-state index in [0.29, 0.717) is 49.7 Å². The zero-order valence-corrected chi connectivity index (χ0v) is 20.0. The van der Waals surface area contributed by atoms with E-state index in [1.54, 1.807) is 36.1 Å². The van der Waals surface area contributed by atoms with Crippen LogP contribution in [0.4, 0.5) is 5.69 Å². The molecule has 4 heterocycles. The quantitative estimate of drug-likeness (QED) is 0.551. The molecule has 1 aromatic heterocycles. The van der Waals surface area contributed by atoms with Gasteiger partial charge in [-0.25, -0.2) is 0 Å². The Morgan fingerprint density at radius 3 is 2.54 bits per heavy atom. The second-order valence-electron chi connectivity index (χ2n) is 9.20. The van der Waals surface area contributed by atoms with E-state index in [4.69, 9.17) is 9.15 Å². The van der Waals surface area contributed by atoms with Gasteiger partial charge < -0.3 is 29.0 Å². The number of morpholine rings is 1. The summed E-state index contributed by atoms with van der Waals surface area (Å²) in [5.74, 6) is -2.49. The van der Waals surface area contributed by atoms with Gasteiger partial charge >= 0.3 is 0 Å². The number of benzene rings is 1. The highest BCUT2D eigenvalue weighted by molar-refractivity contribution is 6.25. The number of aryl methyl sites for hydroxylation is 1. The molecule has 1 fully saturated rings. The third-order valence-electron chi connectivity index (χ3n) is 7.10. The van der Waals surface area contributed by atoms with E-state index < -0.39 is 28.9 Å². The molecule has 2 aromatic rings. The normalized spacial score (nSPS) is 22.6. The van der Waals surface area contributed by atoms with E-state index in [9.17, 15) is 19.5 Å². The number of amides is 2. The fraction of sp³-hybridized carbons (Fsp3) is 0.423. The third kappa shape index (κ3) is 3.49. The smallest absolute Gasteiger partial charge is 0.262 e. The largest absolute Gasteiger partial charge is 0.868 e. The Kier molecular flexibility index (Phi) is 5.98. The standard InChI is InChI=1S/C26H29N3O6/c1-3-10-28-19-7-5-4-6-18(19)26(25(28)33)21(22(30)20-9-8-17(2)35-20)23(31)24(32)29(26)12-11-27-13-15-34-16-14-27/h4-9,31H,3,10-16H2,1-2H3. The minimum Gasteiger partial charge on any atom is -0.868 e. The van der Waals surface area contributed by atoms with Crippen LogP contribution in [0.1, 0.15) is 35.2 Å². The minimum atomic E-state index is -1.80. The Bertz CT molecular complexity index is 1210. The number of para-hydroxylation sites is 1. The number of nitrogens with one attached hydrogen (secondary N) is 1. The van der Waals surface area contributed by atoms with E-state index in [1.807, 2.05) is 13.0 Å². The lowest BCUT2D eigenvalue weighted by atomic mass is 9.81. The summed E-state index contributed by atoms with van der Waals surface area (Å²) in [7, 11) is 0. The molecule has 0 bridgehead atoms. The Morgan fingerprint density at radius 1 is 1.11 bits per heavy atom. The van der Waals surface area contributed by atoms with Gasteiger partial charge in [0.2, 0.25) is 11.7 Å². The number of carbonyl (C=O) groups excluding carboxylic acids is 3. The summed E-state index contributed by atoms with van der Waals surface area (Å²) in [5, 5.41) is 13.5. The Labute approximate surface area is 203 Å². The average molecular weight is 480 g/mol. The minimum absolute atomic E-state index is 0.0575. The molecule has 1 N–H and O–H groups in total. The molecule has 35 heavy (non-hydrogen) atoms. The first-order chi connectivity index (χ1) is 16.9. The number of anilines is 1. The van der Waals surface area contributed by atoms with Gasteiger partial charge in [0.15, 0.2) is 11.3 Å². The highest BCUT2D eigenvalue weighted by atomic mass is 16.5. The maximum Gasteiger partial charge on any atom is 0.262 e. The predicted molar refractivity (Wildman–Crippen MR) is 124 cm³/mol. The molecule has 3 aliphatic rings. The number of Topliss-reactive ketones (excluding diaryl/α,β-unsaturated/α-hetero) is 1. The number of nitrogens with zero attached hydrogens (tertiary/aromatic N) is 2. The number of fused-ring (bicyclic) bond motifs is 2. The molecule has 2 amide bonds. The van der Waals surface area contributed by atoms with Gasteiger partial charge in [-0.3, -0.25) is 14.4 Å². The first-order valence-corrected chi connectivity index (χ1v) is 12.1. The van der Waals surface area contributed by atoms with Gasteiger partial charge in [0.05, 0.1) is 32.0 Å². The van der Waals surface area contributed by atoms with Gasteiger partial charge in [0.1, 0.15) is 18.8 Å². The summed E-state index contributed by atoms with van der Waals surface area (Å²) in [4.78, 5) is 45.6. The van der Waals surface area contributed by atoms with Crippen LogP contribution < -0.4 is 14.9 Å². The molecule has 1 spiro atoms. The zero-order valence-electron chi connectivity index (χ0n) is 20.0. The van der Waals surface area contributed by atoms with E-state index in [2.05, 4.69) is 0 Å². The number of hydrogen-bond acceptors (Lipinski definition) is 6. The highest BCUT2D eigenvalue weighted by Crippen LogP contribution is 2.52. The lowest BCUT2D eigenvalue weighted by molar-refractivity contribution is -0.907. The second-order valence-corrected chi connectivity index (χ2v) is 9.20. The number of furan rings is 1. The summed E-state index contributed by atoms with van der Waals surface area (Å²) in [6.07, 6.45) is 0.677. The number of carbonyl (C=O) groups is 3. The molecule has 0 radical (unpaired) electrons. The molecule has 1 aromatic carbocycles. The Balaban J connectivity index is 1.66. The molecule has 9 nitrogen and oxygen atoms in total. The number of rotatable bonds is 7. The van der Waals surface area contributed by atoms with E-state index in [-0.39, 0.29) is 17.9 Å². The van der Waals surface area contributed by atoms with Crippen molar-refractivity contribution in [3.8, 4) is 0 Å². The van der Waals surface area contributed by atoms with Gasteiger partial charge in [0, 0.05) is 17.7 Å². The van der Waals surface area contributed by atoms with Gasteiger partial charge in [-0.1, -0.05) is 25.1 Å². The summed E-state index contributed by atoms with van der Waals surface area (Å²) < 4.78 is 11.0. The molecular formula is C26H29N3O6. The van der Waals surface area contributed by atoms with Crippen LogP contribution in [-0.2, 0) is 19.9 Å². The van der Waals surface area contributed by atoms with Crippen LogP contribution >= 0.6 is 0 Å². The summed E-state index contributed by atoms with van der Waals surface area (Å²) in [6, 6.07) is 10.2. The van der Waals surface area contributed by atoms with Gasteiger partial charge in [-0.15, -0.1) is 0 Å². The molecule has 3 aliphatic heterocycles. The van der Waals surface area contributed by atoms with E-state index >= 15 is 0 Å². The van der Waals surface area contributed by atoms with Crippen molar-refractivity contribution in [2.24, 2.45) is 0 Å². The van der Waals surface area contributed by atoms with Crippen molar-refractivity contribution >= 4 is 23.3 Å². The number of hydrogen-bond donors (Lipinski definition) is 1. The fourth-order valence-electron chi connectivity index (χ4n) is 5.46. The van der Waals surface area contributed by atoms with Crippen molar-refractivity contribution in [2.75, 3.05) is 50.8 Å². The van der Waals surface area contributed by atoms with Crippen molar-refractivity contribution in [3.05, 3.63) is 64.8 Å². The van der Waals surface area contributed by atoms with Crippen molar-refractivity contribution in [1.29, 1.82) is 0 Å². The SMILES string of the molecule is CCCN1C(=O)C2(C(C(=O)c3ccc(C)o3)=C([O-])C(=O)N2CC[NH+]2CCOCC2)c2ccccc21. The van der Waals surface area contributed by atoms with E-state index in [0.717, 1.165) is 13.1 Å². The number of ether oxygens (including phenoxy) is 1. The number of ketones is 1. The van der Waals surface area contributed by atoms with Crippen molar-refractivity contribution in [1.82, 2.24) is 4.90 Å². The molecule has 1 atom stereocenters. The highest BCUT2D eigenvalue weighted by Gasteiger charge is 2.63. The molecule has 0 aliphatic carbocycles. The molecule has 1 unspecified atom stereocenters. The zero-order chi connectivity index (χ0) is 24.7. The maximum absolute atomic E-state index is 14.2. The van der Waals surface area contributed by atoms with Gasteiger partial charge in [-0.05, 0) is 37.3 Å². The van der Waals surface area contributed by atoms with Crippen LogP contribution in [0.25, 0.3) is 0 Å². The second kappa shape index (κ2) is 8.98. The molecule has 0 saturated carbocycles. The van der Waals surface area contributed by atoms with Crippen LogP contribution in [0, 0.1) is 6.92 Å². The van der Waals surface area contributed by atoms with Crippen LogP contribution in [0.5, 0.6) is 0 Å².